The molecular formula is C52H39NO. The fourth-order valence-corrected chi connectivity index (χ4v) is 8.44. The fourth-order valence-electron chi connectivity index (χ4n) is 8.44. The highest BCUT2D eigenvalue weighted by Crippen LogP contribution is 2.47. The maximum absolute atomic E-state index is 6.88. The zero-order chi connectivity index (χ0) is 35.8. The van der Waals surface area contributed by atoms with E-state index >= 15 is 0 Å². The zero-order valence-corrected chi connectivity index (χ0v) is 30.1. The second-order valence-electron chi connectivity index (χ2n) is 14.3. The first-order valence-corrected chi connectivity index (χ1v) is 19.0. The molecule has 2 aliphatic rings. The van der Waals surface area contributed by atoms with Crippen LogP contribution in [0.3, 0.4) is 0 Å². The summed E-state index contributed by atoms with van der Waals surface area (Å²) in [5.41, 5.74) is 15.5. The van der Waals surface area contributed by atoms with Gasteiger partial charge in [0.1, 0.15) is 11.2 Å². The Morgan fingerprint density at radius 3 is 1.85 bits per heavy atom. The van der Waals surface area contributed by atoms with Gasteiger partial charge in [0.15, 0.2) is 0 Å². The van der Waals surface area contributed by atoms with E-state index in [-0.39, 0.29) is 0 Å². The Labute approximate surface area is 316 Å². The Kier molecular flexibility index (Phi) is 8.15. The molecule has 0 spiro atoms. The van der Waals surface area contributed by atoms with Gasteiger partial charge in [0.2, 0.25) is 0 Å². The van der Waals surface area contributed by atoms with Gasteiger partial charge in [0, 0.05) is 22.0 Å². The van der Waals surface area contributed by atoms with Crippen LogP contribution in [0.15, 0.2) is 198 Å². The van der Waals surface area contributed by atoms with E-state index in [2.05, 4.69) is 193 Å². The van der Waals surface area contributed by atoms with Gasteiger partial charge in [-0.3, -0.25) is 0 Å². The van der Waals surface area contributed by atoms with E-state index in [1.54, 1.807) is 0 Å². The zero-order valence-electron chi connectivity index (χ0n) is 30.1. The highest BCUT2D eigenvalue weighted by Gasteiger charge is 2.25. The number of nitrogens with zero attached hydrogens (tertiary/aromatic N) is 1. The number of furan rings is 1. The van der Waals surface area contributed by atoms with Crippen LogP contribution in [0.2, 0.25) is 0 Å². The minimum Gasteiger partial charge on any atom is -0.455 e. The van der Waals surface area contributed by atoms with Crippen molar-refractivity contribution in [3.63, 3.8) is 0 Å². The molecule has 0 atom stereocenters. The topological polar surface area (TPSA) is 16.4 Å². The van der Waals surface area contributed by atoms with E-state index in [9.17, 15) is 0 Å². The van der Waals surface area contributed by atoms with Crippen molar-refractivity contribution in [2.75, 3.05) is 4.90 Å². The number of fused-ring (bicyclic) bond motifs is 5. The van der Waals surface area contributed by atoms with Gasteiger partial charge in [0.05, 0.1) is 16.8 Å². The summed E-state index contributed by atoms with van der Waals surface area (Å²) in [5.74, 6) is 0. The lowest BCUT2D eigenvalue weighted by Gasteiger charge is -2.31. The van der Waals surface area contributed by atoms with Gasteiger partial charge in [-0.05, 0) is 100 Å². The van der Waals surface area contributed by atoms with Crippen molar-refractivity contribution in [2.45, 2.75) is 25.7 Å². The van der Waals surface area contributed by atoms with E-state index in [4.69, 9.17) is 4.42 Å². The van der Waals surface area contributed by atoms with Crippen LogP contribution < -0.4 is 4.90 Å². The van der Waals surface area contributed by atoms with Crippen LogP contribution >= 0.6 is 0 Å². The first-order chi connectivity index (χ1) is 26.8. The molecule has 0 saturated heterocycles. The van der Waals surface area contributed by atoms with Crippen molar-refractivity contribution in [3.05, 3.63) is 205 Å². The molecule has 0 bridgehead atoms. The van der Waals surface area contributed by atoms with E-state index in [0.29, 0.717) is 0 Å². The summed E-state index contributed by atoms with van der Waals surface area (Å²) in [7, 11) is 0. The molecule has 54 heavy (non-hydrogen) atoms. The second kappa shape index (κ2) is 13.7. The summed E-state index contributed by atoms with van der Waals surface area (Å²) >= 11 is 0. The molecule has 0 aliphatic heterocycles. The van der Waals surface area contributed by atoms with Gasteiger partial charge in [-0.2, -0.15) is 0 Å². The lowest BCUT2D eigenvalue weighted by Crippen LogP contribution is -2.18. The van der Waals surface area contributed by atoms with Crippen LogP contribution in [-0.4, -0.2) is 0 Å². The van der Waals surface area contributed by atoms with E-state index in [1.165, 1.54) is 55.6 Å². The molecule has 2 nitrogen and oxygen atoms in total. The van der Waals surface area contributed by atoms with Crippen molar-refractivity contribution in [3.8, 4) is 22.3 Å². The van der Waals surface area contributed by atoms with E-state index in [0.717, 1.165) is 64.4 Å². The number of para-hydroxylation sites is 1. The Hall–Kier alpha value is -6.64. The van der Waals surface area contributed by atoms with Gasteiger partial charge < -0.3 is 9.32 Å². The van der Waals surface area contributed by atoms with Crippen molar-refractivity contribution in [1.82, 2.24) is 0 Å². The highest BCUT2D eigenvalue weighted by atomic mass is 16.3. The number of benzene rings is 7. The summed E-state index contributed by atoms with van der Waals surface area (Å²) in [4.78, 5) is 2.49. The molecule has 10 rings (SSSR count). The predicted octanol–water partition coefficient (Wildman–Crippen LogP) is 14.7. The van der Waals surface area contributed by atoms with Gasteiger partial charge in [0.25, 0.3) is 0 Å². The third-order valence-electron chi connectivity index (χ3n) is 11.1. The van der Waals surface area contributed by atoms with Crippen LogP contribution in [0.25, 0.3) is 66.1 Å². The maximum atomic E-state index is 6.88. The quantitative estimate of drug-likeness (QED) is 0.165. The minimum absolute atomic E-state index is 0.898. The summed E-state index contributed by atoms with van der Waals surface area (Å²) < 4.78 is 6.88. The minimum atomic E-state index is 0.898. The summed E-state index contributed by atoms with van der Waals surface area (Å²) in [5, 5.41) is 4.67. The monoisotopic (exact) mass is 693 g/mol. The third-order valence-corrected chi connectivity index (χ3v) is 11.1. The molecule has 0 unspecified atom stereocenters. The lowest BCUT2D eigenvalue weighted by atomic mass is 9.87. The molecule has 1 heterocycles. The molecule has 2 aliphatic carbocycles. The van der Waals surface area contributed by atoms with Crippen LogP contribution in [0.1, 0.15) is 36.8 Å². The molecule has 1 aromatic heterocycles. The van der Waals surface area contributed by atoms with Crippen LogP contribution in [0.4, 0.5) is 11.4 Å². The number of hydrogen-bond donors (Lipinski definition) is 0. The molecule has 2 heteroatoms. The molecule has 0 amide bonds. The van der Waals surface area contributed by atoms with E-state index in [1.807, 2.05) is 0 Å². The molecular weight excluding hydrogens is 655 g/mol. The van der Waals surface area contributed by atoms with Crippen molar-refractivity contribution >= 4 is 55.2 Å². The van der Waals surface area contributed by atoms with Crippen LogP contribution in [-0.2, 0) is 0 Å². The first kappa shape index (κ1) is 32.0. The fraction of sp³-hybridized carbons (Fsp3) is 0.0769. The number of rotatable bonds is 7. The molecule has 7 aromatic carbocycles. The number of anilines is 2. The summed E-state index contributed by atoms with van der Waals surface area (Å²) in [6, 6.07) is 56.9. The summed E-state index contributed by atoms with van der Waals surface area (Å²) in [6.45, 7) is 0. The standard InChI is InChI=1S/C52H39NO/c1-4-15-36(16-5-1)38-27-31-40(32-28-38)43-21-12-13-24-48(43)53(42-19-8-3-9-20-42)49-25-14-26-50-51(49)47-35-46(44-22-10-11-23-45(44)52(47)54-50)41-33-29-39(30-34-41)37-17-6-2-7-18-37/h1-8,10-19,21-29,31-33,35H,9,20,30,34H2. The average Bonchev–Trinajstić information content (AvgIpc) is 3.65. The van der Waals surface area contributed by atoms with Crippen LogP contribution in [0, 0.1) is 0 Å². The Morgan fingerprint density at radius 1 is 0.444 bits per heavy atom. The third kappa shape index (κ3) is 5.68. The van der Waals surface area contributed by atoms with Gasteiger partial charge in [-0.25, -0.2) is 0 Å². The smallest absolute Gasteiger partial charge is 0.143 e. The molecule has 0 radical (unpaired) electrons. The Bertz CT molecular complexity index is 2800. The lowest BCUT2D eigenvalue weighted by molar-refractivity contribution is 0.672. The van der Waals surface area contributed by atoms with Crippen molar-refractivity contribution < 1.29 is 4.42 Å². The van der Waals surface area contributed by atoms with Crippen molar-refractivity contribution in [1.29, 1.82) is 0 Å². The molecule has 0 saturated carbocycles. The number of allylic oxidation sites excluding steroid dienone is 8. The average molecular weight is 694 g/mol. The maximum Gasteiger partial charge on any atom is 0.143 e. The predicted molar refractivity (Wildman–Crippen MR) is 229 cm³/mol. The normalized spacial score (nSPS) is 14.3. The molecule has 0 N–H and O–H groups in total. The SMILES string of the molecule is C1=CCCC(N(c2ccccc2-c2ccc(-c3ccccc3)cc2)c2cccc3oc4c5ccccc5c(C5=CC=C(c6ccccc6)CC5)cc4c23)=C1. The van der Waals surface area contributed by atoms with Gasteiger partial charge >= 0.3 is 0 Å². The first-order valence-electron chi connectivity index (χ1n) is 19.0. The second-order valence-corrected chi connectivity index (χ2v) is 14.3. The summed E-state index contributed by atoms with van der Waals surface area (Å²) in [6.07, 6.45) is 15.4. The molecule has 8 aromatic rings. The molecule has 0 fully saturated rings. The largest absolute Gasteiger partial charge is 0.455 e. The molecule has 258 valence electrons. The number of hydrogen-bond acceptors (Lipinski definition) is 2. The van der Waals surface area contributed by atoms with Crippen LogP contribution in [0.5, 0.6) is 0 Å². The Morgan fingerprint density at radius 2 is 1.09 bits per heavy atom. The van der Waals surface area contributed by atoms with Crippen molar-refractivity contribution in [2.24, 2.45) is 0 Å². The highest BCUT2D eigenvalue weighted by molar-refractivity contribution is 6.21. The Balaban J connectivity index is 1.17. The van der Waals surface area contributed by atoms with Gasteiger partial charge in [-0.15, -0.1) is 0 Å². The van der Waals surface area contributed by atoms with Gasteiger partial charge in [-0.1, -0.05) is 158 Å². The van der Waals surface area contributed by atoms with E-state index < -0.39 is 0 Å².